The second-order valence-electron chi connectivity index (χ2n) is 14.1. The van der Waals surface area contributed by atoms with Gasteiger partial charge in [0.15, 0.2) is 5.58 Å². The van der Waals surface area contributed by atoms with Crippen molar-refractivity contribution in [1.29, 1.82) is 0 Å². The largest absolute Gasteiger partial charge is 0.454 e. The van der Waals surface area contributed by atoms with Gasteiger partial charge in [0.05, 0.1) is 5.69 Å². The molecular weight excluding hydrogens is 655 g/mol. The molecule has 54 heavy (non-hydrogen) atoms. The van der Waals surface area contributed by atoms with Gasteiger partial charge < -0.3 is 9.32 Å². The highest BCUT2D eigenvalue weighted by Gasteiger charge is 2.21. The van der Waals surface area contributed by atoms with Crippen molar-refractivity contribution in [2.45, 2.75) is 0 Å². The van der Waals surface area contributed by atoms with Crippen LogP contribution in [0.1, 0.15) is 0 Å². The van der Waals surface area contributed by atoms with Gasteiger partial charge in [0.2, 0.25) is 0 Å². The molecule has 11 rings (SSSR count). The minimum absolute atomic E-state index is 0.868. The van der Waals surface area contributed by atoms with Gasteiger partial charge in [-0.15, -0.1) is 0 Å². The van der Waals surface area contributed by atoms with Crippen LogP contribution >= 0.6 is 0 Å². The third kappa shape index (κ3) is 4.81. The number of rotatable bonds is 5. The Morgan fingerprint density at radius 3 is 1.59 bits per heavy atom. The first-order chi connectivity index (χ1) is 26.8. The van der Waals surface area contributed by atoms with E-state index in [9.17, 15) is 0 Å². The number of hydrogen-bond donors (Lipinski definition) is 0. The molecule has 1 aromatic heterocycles. The molecule has 0 radical (unpaired) electrons. The predicted molar refractivity (Wildman–Crippen MR) is 229 cm³/mol. The van der Waals surface area contributed by atoms with Crippen LogP contribution in [0.25, 0.3) is 87.3 Å². The highest BCUT2D eigenvalue weighted by molar-refractivity contribution is 6.23. The number of furan rings is 1. The fourth-order valence-corrected chi connectivity index (χ4v) is 8.50. The van der Waals surface area contributed by atoms with E-state index in [1.807, 2.05) is 0 Å². The zero-order chi connectivity index (χ0) is 35.6. The van der Waals surface area contributed by atoms with E-state index in [0.29, 0.717) is 0 Å². The topological polar surface area (TPSA) is 16.4 Å². The average Bonchev–Trinajstić information content (AvgIpc) is 3.64. The average molecular weight is 688 g/mol. The third-order valence-electron chi connectivity index (χ3n) is 11.0. The van der Waals surface area contributed by atoms with Crippen LogP contribution in [0.4, 0.5) is 17.1 Å². The van der Waals surface area contributed by atoms with Crippen LogP contribution in [0.5, 0.6) is 0 Å². The SMILES string of the molecule is c1ccc(-c2ccc(N(c3ccc(-c4cc5ccc6ccccc6c5c5ccccc45)cc3)c3cccc4c3oc3ccc5ccccc5c34)cc2)cc1. The van der Waals surface area contributed by atoms with Crippen LogP contribution < -0.4 is 4.90 Å². The van der Waals surface area contributed by atoms with Gasteiger partial charge in [-0.05, 0) is 108 Å². The van der Waals surface area contributed by atoms with Crippen molar-refractivity contribution in [2.75, 3.05) is 4.90 Å². The minimum atomic E-state index is 0.868. The van der Waals surface area contributed by atoms with Gasteiger partial charge >= 0.3 is 0 Å². The molecule has 0 bridgehead atoms. The highest BCUT2D eigenvalue weighted by Crippen LogP contribution is 2.45. The summed E-state index contributed by atoms with van der Waals surface area (Å²) in [4.78, 5) is 2.33. The lowest BCUT2D eigenvalue weighted by Crippen LogP contribution is -2.10. The highest BCUT2D eigenvalue weighted by atomic mass is 16.3. The van der Waals surface area contributed by atoms with Crippen LogP contribution in [0.2, 0.25) is 0 Å². The molecule has 10 aromatic carbocycles. The molecule has 0 aliphatic heterocycles. The van der Waals surface area contributed by atoms with E-state index in [0.717, 1.165) is 39.0 Å². The van der Waals surface area contributed by atoms with Gasteiger partial charge in [-0.25, -0.2) is 0 Å². The van der Waals surface area contributed by atoms with E-state index in [1.54, 1.807) is 0 Å². The summed E-state index contributed by atoms with van der Waals surface area (Å²) in [7, 11) is 0. The molecule has 0 N–H and O–H groups in total. The van der Waals surface area contributed by atoms with Crippen LogP contribution in [-0.2, 0) is 0 Å². The van der Waals surface area contributed by atoms with Gasteiger partial charge in [-0.2, -0.15) is 0 Å². The molecule has 0 aliphatic carbocycles. The quantitative estimate of drug-likeness (QED) is 0.168. The van der Waals surface area contributed by atoms with Crippen LogP contribution in [0.15, 0.2) is 205 Å². The first-order valence-corrected chi connectivity index (χ1v) is 18.5. The van der Waals surface area contributed by atoms with Crippen molar-refractivity contribution >= 4 is 82.1 Å². The lowest BCUT2D eigenvalue weighted by Gasteiger charge is -2.26. The van der Waals surface area contributed by atoms with Crippen molar-refractivity contribution in [1.82, 2.24) is 0 Å². The van der Waals surface area contributed by atoms with Gasteiger partial charge in [-0.3, -0.25) is 0 Å². The molecule has 0 fully saturated rings. The summed E-state index contributed by atoms with van der Waals surface area (Å²) in [6, 6.07) is 72.1. The Hall–Kier alpha value is -7.16. The maximum Gasteiger partial charge on any atom is 0.159 e. The smallest absolute Gasteiger partial charge is 0.159 e. The van der Waals surface area contributed by atoms with Crippen molar-refractivity contribution in [3.8, 4) is 22.3 Å². The number of nitrogens with zero attached hydrogens (tertiary/aromatic N) is 1. The number of fused-ring (bicyclic) bond motifs is 10. The van der Waals surface area contributed by atoms with E-state index >= 15 is 0 Å². The summed E-state index contributed by atoms with van der Waals surface area (Å²) in [6.45, 7) is 0. The van der Waals surface area contributed by atoms with E-state index in [2.05, 4.69) is 205 Å². The number of benzene rings is 10. The summed E-state index contributed by atoms with van der Waals surface area (Å²) in [5.41, 5.74) is 9.65. The molecule has 11 aromatic rings. The van der Waals surface area contributed by atoms with Crippen molar-refractivity contribution in [3.05, 3.63) is 200 Å². The first kappa shape index (κ1) is 30.5. The van der Waals surface area contributed by atoms with Crippen LogP contribution in [0.3, 0.4) is 0 Å². The number of hydrogen-bond acceptors (Lipinski definition) is 2. The lowest BCUT2D eigenvalue weighted by molar-refractivity contribution is 0.669. The fourth-order valence-electron chi connectivity index (χ4n) is 8.50. The molecular formula is C52H33NO. The first-order valence-electron chi connectivity index (χ1n) is 18.5. The van der Waals surface area contributed by atoms with E-state index in [1.165, 1.54) is 65.3 Å². The van der Waals surface area contributed by atoms with Crippen LogP contribution in [-0.4, -0.2) is 0 Å². The standard InChI is InChI=1S/C52H33NO/c1-2-11-34(12-3-1)35-23-28-40(29-24-35)53(48-20-10-19-46-51-43-16-7-5-14-37(43)27-32-49(51)54-52(46)48)41-30-25-38(26-31-41)47-33-39-22-21-36-13-4-6-15-42(36)50(39)45-18-9-8-17-44(45)47/h1-33H. The Labute approximate surface area is 312 Å². The van der Waals surface area contributed by atoms with Gasteiger partial charge in [0, 0.05) is 22.1 Å². The molecule has 0 aliphatic rings. The second-order valence-corrected chi connectivity index (χ2v) is 14.1. The Bertz CT molecular complexity index is 3190. The van der Waals surface area contributed by atoms with Crippen molar-refractivity contribution < 1.29 is 4.42 Å². The van der Waals surface area contributed by atoms with E-state index < -0.39 is 0 Å². The summed E-state index contributed by atoms with van der Waals surface area (Å²) in [6.07, 6.45) is 0. The molecule has 0 saturated heterocycles. The van der Waals surface area contributed by atoms with E-state index in [4.69, 9.17) is 4.42 Å². The molecule has 0 unspecified atom stereocenters. The molecule has 0 atom stereocenters. The molecule has 0 saturated carbocycles. The third-order valence-corrected chi connectivity index (χ3v) is 11.0. The Kier molecular flexibility index (Phi) is 6.90. The normalized spacial score (nSPS) is 11.7. The Morgan fingerprint density at radius 1 is 0.333 bits per heavy atom. The summed E-state index contributed by atoms with van der Waals surface area (Å²) in [5.74, 6) is 0. The summed E-state index contributed by atoms with van der Waals surface area (Å²) < 4.78 is 6.78. The Balaban J connectivity index is 1.09. The Morgan fingerprint density at radius 2 is 0.870 bits per heavy atom. The van der Waals surface area contributed by atoms with Gasteiger partial charge in [0.1, 0.15) is 5.58 Å². The summed E-state index contributed by atoms with van der Waals surface area (Å²) in [5, 5.41) is 12.3. The predicted octanol–water partition coefficient (Wildman–Crippen LogP) is 15.0. The fraction of sp³-hybridized carbons (Fsp3) is 0. The molecule has 0 spiro atoms. The molecule has 0 amide bonds. The molecule has 252 valence electrons. The maximum absolute atomic E-state index is 6.78. The van der Waals surface area contributed by atoms with Crippen molar-refractivity contribution in [3.63, 3.8) is 0 Å². The zero-order valence-corrected chi connectivity index (χ0v) is 29.4. The van der Waals surface area contributed by atoms with Crippen LogP contribution in [0, 0.1) is 0 Å². The maximum atomic E-state index is 6.78. The van der Waals surface area contributed by atoms with Crippen molar-refractivity contribution in [2.24, 2.45) is 0 Å². The minimum Gasteiger partial charge on any atom is -0.454 e. The monoisotopic (exact) mass is 687 g/mol. The zero-order valence-electron chi connectivity index (χ0n) is 29.4. The van der Waals surface area contributed by atoms with Gasteiger partial charge in [-0.1, -0.05) is 158 Å². The number of anilines is 3. The molecule has 2 heteroatoms. The second kappa shape index (κ2) is 12.2. The molecule has 2 nitrogen and oxygen atoms in total. The molecule has 1 heterocycles. The van der Waals surface area contributed by atoms with E-state index in [-0.39, 0.29) is 0 Å². The lowest BCUT2D eigenvalue weighted by atomic mass is 9.90. The number of para-hydroxylation sites is 1. The summed E-state index contributed by atoms with van der Waals surface area (Å²) >= 11 is 0. The van der Waals surface area contributed by atoms with Gasteiger partial charge in [0.25, 0.3) is 0 Å².